The summed E-state index contributed by atoms with van der Waals surface area (Å²) in [7, 11) is 0. The lowest BCUT2D eigenvalue weighted by Gasteiger charge is -2.42. The monoisotopic (exact) mass is 400 g/mol. The van der Waals surface area contributed by atoms with Crippen LogP contribution in [0.3, 0.4) is 0 Å². The van der Waals surface area contributed by atoms with E-state index in [2.05, 4.69) is 27.0 Å². The van der Waals surface area contributed by atoms with Crippen molar-refractivity contribution < 1.29 is 9.18 Å². The zero-order valence-corrected chi connectivity index (χ0v) is 17.2. The van der Waals surface area contributed by atoms with Crippen molar-refractivity contribution in [1.82, 2.24) is 29.7 Å². The van der Waals surface area contributed by atoms with Gasteiger partial charge in [-0.05, 0) is 50.6 Å². The highest BCUT2D eigenvalue weighted by atomic mass is 19.1. The third-order valence-electron chi connectivity index (χ3n) is 6.29. The number of likely N-dealkylation sites (tertiary alicyclic amines) is 1. The number of amides is 1. The molecular weight excluding hydrogens is 371 g/mol. The second kappa shape index (κ2) is 8.59. The van der Waals surface area contributed by atoms with Crippen molar-refractivity contribution in [2.24, 2.45) is 0 Å². The Kier molecular flexibility index (Phi) is 5.91. The molecule has 0 radical (unpaired) electrons. The second-order valence-corrected chi connectivity index (χ2v) is 7.91. The number of carbonyl (C=O) groups excluding carboxylic acids is 1. The van der Waals surface area contributed by atoms with Crippen molar-refractivity contribution in [3.63, 3.8) is 0 Å². The average molecular weight is 401 g/mol. The Morgan fingerprint density at radius 1 is 1.07 bits per heavy atom. The fourth-order valence-electron chi connectivity index (χ4n) is 4.38. The van der Waals surface area contributed by atoms with Gasteiger partial charge in [0.25, 0.3) is 5.91 Å². The number of carbonyl (C=O) groups is 1. The Labute approximate surface area is 171 Å². The number of aromatic nitrogens is 3. The van der Waals surface area contributed by atoms with E-state index in [1.807, 2.05) is 11.8 Å². The number of hydrogen-bond donors (Lipinski definition) is 0. The number of benzene rings is 1. The molecule has 1 aromatic carbocycles. The highest BCUT2D eigenvalue weighted by Gasteiger charge is 2.31. The number of nitrogens with zero attached hydrogens (tertiary/aromatic N) is 6. The lowest BCUT2D eigenvalue weighted by Crippen LogP contribution is -2.53. The van der Waals surface area contributed by atoms with Crippen LogP contribution in [0.4, 0.5) is 4.39 Å². The molecule has 2 aliphatic rings. The molecule has 0 saturated carbocycles. The molecule has 0 aliphatic carbocycles. The standard InChI is InChI=1S/C21H29FN6O/c1-3-25-12-14-26(15-13-25)18-8-10-27(11-9-18)21(29)20-16(2)28(24-23-20)19-6-4-17(22)5-7-19/h4-7,18H,3,8-15H2,1-2H3. The molecule has 1 aromatic heterocycles. The van der Waals surface area contributed by atoms with Crippen molar-refractivity contribution in [3.05, 3.63) is 41.5 Å². The molecule has 0 spiro atoms. The molecule has 7 nitrogen and oxygen atoms in total. The molecule has 2 fully saturated rings. The SMILES string of the molecule is CCN1CCN(C2CCN(C(=O)c3nnn(-c4ccc(F)cc4)c3C)CC2)CC1. The summed E-state index contributed by atoms with van der Waals surface area (Å²) in [6.45, 7) is 11.2. The third-order valence-corrected chi connectivity index (χ3v) is 6.29. The van der Waals surface area contributed by atoms with Crippen LogP contribution in [0.15, 0.2) is 24.3 Å². The molecule has 0 atom stereocenters. The molecule has 8 heteroatoms. The first kappa shape index (κ1) is 20.0. The molecule has 4 rings (SSSR count). The highest BCUT2D eigenvalue weighted by molar-refractivity contribution is 5.93. The van der Waals surface area contributed by atoms with E-state index < -0.39 is 0 Å². The van der Waals surface area contributed by atoms with E-state index in [-0.39, 0.29) is 11.7 Å². The van der Waals surface area contributed by atoms with Gasteiger partial charge in [0, 0.05) is 45.3 Å². The highest BCUT2D eigenvalue weighted by Crippen LogP contribution is 2.21. The topological polar surface area (TPSA) is 57.5 Å². The molecule has 156 valence electrons. The predicted octanol–water partition coefficient (Wildman–Crippen LogP) is 1.96. The number of rotatable bonds is 4. The molecular formula is C21H29FN6O. The predicted molar refractivity (Wildman–Crippen MR) is 109 cm³/mol. The van der Waals surface area contributed by atoms with Gasteiger partial charge in [-0.3, -0.25) is 9.69 Å². The summed E-state index contributed by atoms with van der Waals surface area (Å²) in [5.41, 5.74) is 1.75. The van der Waals surface area contributed by atoms with Crippen LogP contribution < -0.4 is 0 Å². The Hall–Kier alpha value is -2.32. The van der Waals surface area contributed by atoms with E-state index in [1.165, 1.54) is 12.1 Å². The van der Waals surface area contributed by atoms with Crippen molar-refractivity contribution in [1.29, 1.82) is 0 Å². The Balaban J connectivity index is 1.37. The van der Waals surface area contributed by atoms with Crippen molar-refractivity contribution in [3.8, 4) is 5.69 Å². The summed E-state index contributed by atoms with van der Waals surface area (Å²) in [6.07, 6.45) is 2.01. The lowest BCUT2D eigenvalue weighted by molar-refractivity contribution is 0.0486. The molecule has 0 N–H and O–H groups in total. The summed E-state index contributed by atoms with van der Waals surface area (Å²) >= 11 is 0. The normalized spacial score (nSPS) is 19.6. The van der Waals surface area contributed by atoms with Crippen LogP contribution in [0.5, 0.6) is 0 Å². The maximum Gasteiger partial charge on any atom is 0.276 e. The summed E-state index contributed by atoms with van der Waals surface area (Å²) in [6, 6.07) is 6.59. The minimum Gasteiger partial charge on any atom is -0.337 e. The summed E-state index contributed by atoms with van der Waals surface area (Å²) in [4.78, 5) is 20.0. The van der Waals surface area contributed by atoms with Gasteiger partial charge in [0.15, 0.2) is 5.69 Å². The molecule has 1 amide bonds. The van der Waals surface area contributed by atoms with E-state index in [0.29, 0.717) is 23.1 Å². The molecule has 2 aromatic rings. The largest absolute Gasteiger partial charge is 0.337 e. The summed E-state index contributed by atoms with van der Waals surface area (Å²) in [5, 5.41) is 8.25. The van der Waals surface area contributed by atoms with Crippen LogP contribution in [-0.2, 0) is 0 Å². The van der Waals surface area contributed by atoms with Gasteiger partial charge in [0.05, 0.1) is 11.4 Å². The van der Waals surface area contributed by atoms with Gasteiger partial charge < -0.3 is 9.80 Å². The smallest absolute Gasteiger partial charge is 0.276 e. The van der Waals surface area contributed by atoms with Gasteiger partial charge >= 0.3 is 0 Å². The van der Waals surface area contributed by atoms with Gasteiger partial charge in [-0.15, -0.1) is 5.10 Å². The average Bonchev–Trinajstić information content (AvgIpc) is 3.15. The van der Waals surface area contributed by atoms with Gasteiger partial charge in [0.2, 0.25) is 0 Å². The van der Waals surface area contributed by atoms with Gasteiger partial charge in [0.1, 0.15) is 5.82 Å². The molecule has 3 heterocycles. The van der Waals surface area contributed by atoms with Crippen LogP contribution in [0, 0.1) is 12.7 Å². The second-order valence-electron chi connectivity index (χ2n) is 7.91. The summed E-state index contributed by atoms with van der Waals surface area (Å²) < 4.78 is 14.8. The Morgan fingerprint density at radius 3 is 2.34 bits per heavy atom. The van der Waals surface area contributed by atoms with Gasteiger partial charge in [-0.2, -0.15) is 0 Å². The summed E-state index contributed by atoms with van der Waals surface area (Å²) in [5.74, 6) is -0.369. The van der Waals surface area contributed by atoms with Crippen LogP contribution in [0.1, 0.15) is 35.9 Å². The molecule has 0 unspecified atom stereocenters. The Morgan fingerprint density at radius 2 is 1.72 bits per heavy atom. The van der Waals surface area contributed by atoms with E-state index in [0.717, 1.165) is 58.7 Å². The fourth-order valence-corrected chi connectivity index (χ4v) is 4.38. The van der Waals surface area contributed by atoms with Crippen molar-refractivity contribution in [2.75, 3.05) is 45.8 Å². The van der Waals surface area contributed by atoms with E-state index in [1.54, 1.807) is 16.8 Å². The number of halogens is 1. The quantitative estimate of drug-likeness (QED) is 0.785. The minimum absolute atomic E-state index is 0.0647. The van der Waals surface area contributed by atoms with Gasteiger partial charge in [-0.25, -0.2) is 9.07 Å². The van der Waals surface area contributed by atoms with E-state index >= 15 is 0 Å². The molecule has 2 saturated heterocycles. The third kappa shape index (κ3) is 4.18. The zero-order valence-electron chi connectivity index (χ0n) is 17.2. The Bertz CT molecular complexity index is 835. The number of likely N-dealkylation sites (N-methyl/N-ethyl adjacent to an activating group) is 1. The van der Waals surface area contributed by atoms with Crippen LogP contribution in [0.2, 0.25) is 0 Å². The van der Waals surface area contributed by atoms with Crippen molar-refractivity contribution >= 4 is 5.91 Å². The van der Waals surface area contributed by atoms with E-state index in [9.17, 15) is 9.18 Å². The number of hydrogen-bond acceptors (Lipinski definition) is 5. The van der Waals surface area contributed by atoms with E-state index in [4.69, 9.17) is 0 Å². The number of piperazine rings is 1. The first-order chi connectivity index (χ1) is 14.1. The van der Waals surface area contributed by atoms with Crippen LogP contribution in [-0.4, -0.2) is 87.5 Å². The first-order valence-corrected chi connectivity index (χ1v) is 10.5. The number of piperidine rings is 1. The molecule has 29 heavy (non-hydrogen) atoms. The van der Waals surface area contributed by atoms with Crippen LogP contribution >= 0.6 is 0 Å². The maximum atomic E-state index is 13.2. The lowest BCUT2D eigenvalue weighted by atomic mass is 10.0. The maximum absolute atomic E-state index is 13.2. The van der Waals surface area contributed by atoms with Crippen LogP contribution in [0.25, 0.3) is 5.69 Å². The molecule has 0 bridgehead atoms. The first-order valence-electron chi connectivity index (χ1n) is 10.5. The fraction of sp³-hybridized carbons (Fsp3) is 0.571. The minimum atomic E-state index is -0.304. The van der Waals surface area contributed by atoms with Gasteiger partial charge in [-0.1, -0.05) is 12.1 Å². The zero-order chi connectivity index (χ0) is 20.4. The molecule has 2 aliphatic heterocycles. The van der Waals surface area contributed by atoms with Crippen molar-refractivity contribution in [2.45, 2.75) is 32.7 Å².